The minimum atomic E-state index is 0.0357. The molecule has 4 heteroatoms. The minimum Gasteiger partial charge on any atom is -0.394 e. The first-order valence-corrected chi connectivity index (χ1v) is 6.70. The van der Waals surface area contributed by atoms with E-state index in [2.05, 4.69) is 9.88 Å². The van der Waals surface area contributed by atoms with E-state index in [0.29, 0.717) is 0 Å². The third-order valence-electron chi connectivity index (χ3n) is 3.56. The summed E-state index contributed by atoms with van der Waals surface area (Å²) in [5, 5.41) is 18.8. The van der Waals surface area contributed by atoms with Crippen molar-refractivity contribution < 1.29 is 10.2 Å². The summed E-state index contributed by atoms with van der Waals surface area (Å²) in [5.74, 6) is 0.889. The van der Waals surface area contributed by atoms with Crippen LogP contribution >= 0.6 is 0 Å². The van der Waals surface area contributed by atoms with Gasteiger partial charge in [0.15, 0.2) is 0 Å². The molecule has 18 heavy (non-hydrogen) atoms. The lowest BCUT2D eigenvalue weighted by atomic mass is 10.1. The number of aryl methyl sites for hydroxylation is 1. The number of aliphatic hydroxyl groups excluding tert-OH is 2. The smallest absolute Gasteiger partial charge is 0.129 e. The summed E-state index contributed by atoms with van der Waals surface area (Å²) in [7, 11) is 0. The van der Waals surface area contributed by atoms with E-state index in [1.54, 1.807) is 0 Å². The van der Waals surface area contributed by atoms with Gasteiger partial charge in [0.05, 0.1) is 19.3 Å². The molecule has 1 unspecified atom stereocenters. The van der Waals surface area contributed by atoms with Crippen LogP contribution in [0.2, 0.25) is 0 Å². The van der Waals surface area contributed by atoms with Crippen LogP contribution in [0.25, 0.3) is 0 Å². The second-order valence-electron chi connectivity index (χ2n) is 5.01. The lowest BCUT2D eigenvalue weighted by Crippen LogP contribution is -2.38. The normalized spacial score (nSPS) is 20.8. The van der Waals surface area contributed by atoms with E-state index in [1.165, 1.54) is 12.8 Å². The molecule has 1 aromatic rings. The first-order valence-electron chi connectivity index (χ1n) is 6.70. The van der Waals surface area contributed by atoms with Crippen molar-refractivity contribution in [2.24, 2.45) is 0 Å². The van der Waals surface area contributed by atoms with Gasteiger partial charge in [-0.2, -0.15) is 0 Å². The Morgan fingerprint density at radius 3 is 2.83 bits per heavy atom. The number of anilines is 1. The molecule has 0 radical (unpaired) electrons. The van der Waals surface area contributed by atoms with E-state index in [1.807, 2.05) is 19.1 Å². The van der Waals surface area contributed by atoms with E-state index in [-0.39, 0.29) is 19.3 Å². The zero-order valence-electron chi connectivity index (χ0n) is 11.0. The summed E-state index contributed by atoms with van der Waals surface area (Å²) < 4.78 is 0. The van der Waals surface area contributed by atoms with Crippen molar-refractivity contribution in [1.29, 1.82) is 0 Å². The number of pyridine rings is 1. The molecule has 1 aliphatic heterocycles. The van der Waals surface area contributed by atoms with Crippen molar-refractivity contribution in [3.8, 4) is 0 Å². The standard InChI is InChI=1S/C14H22N2O2/c1-11-7-12(9-17)8-14(15-11)16-6-4-2-3-5-13(16)10-18/h7-8,13,17-18H,2-6,9-10H2,1H3. The highest BCUT2D eigenvalue weighted by Crippen LogP contribution is 2.23. The molecule has 0 saturated carbocycles. The quantitative estimate of drug-likeness (QED) is 0.856. The molecule has 2 rings (SSSR count). The molecule has 1 atom stereocenters. The fourth-order valence-electron chi connectivity index (χ4n) is 2.63. The number of hydrogen-bond donors (Lipinski definition) is 2. The average Bonchev–Trinajstić information content (AvgIpc) is 2.62. The highest BCUT2D eigenvalue weighted by Gasteiger charge is 2.21. The molecule has 4 nitrogen and oxygen atoms in total. The Morgan fingerprint density at radius 1 is 1.28 bits per heavy atom. The van der Waals surface area contributed by atoms with Gasteiger partial charge in [-0.3, -0.25) is 0 Å². The second-order valence-corrected chi connectivity index (χ2v) is 5.01. The van der Waals surface area contributed by atoms with Gasteiger partial charge in [0, 0.05) is 12.2 Å². The zero-order chi connectivity index (χ0) is 13.0. The largest absolute Gasteiger partial charge is 0.394 e. The number of rotatable bonds is 3. The van der Waals surface area contributed by atoms with Crippen LogP contribution in [0, 0.1) is 6.92 Å². The number of nitrogens with zero attached hydrogens (tertiary/aromatic N) is 2. The van der Waals surface area contributed by atoms with Crippen molar-refractivity contribution in [3.05, 3.63) is 23.4 Å². The molecule has 2 N–H and O–H groups in total. The minimum absolute atomic E-state index is 0.0357. The summed E-state index contributed by atoms with van der Waals surface area (Å²) in [4.78, 5) is 6.74. The topological polar surface area (TPSA) is 56.6 Å². The molecule has 0 bridgehead atoms. The van der Waals surface area contributed by atoms with Gasteiger partial charge in [-0.25, -0.2) is 4.98 Å². The van der Waals surface area contributed by atoms with Crippen LogP contribution in [0.15, 0.2) is 12.1 Å². The van der Waals surface area contributed by atoms with Crippen LogP contribution < -0.4 is 4.90 Å². The fraction of sp³-hybridized carbons (Fsp3) is 0.643. The van der Waals surface area contributed by atoms with E-state index >= 15 is 0 Å². The van der Waals surface area contributed by atoms with Crippen molar-refractivity contribution in [3.63, 3.8) is 0 Å². The Labute approximate surface area is 108 Å². The fourth-order valence-corrected chi connectivity index (χ4v) is 2.63. The first kappa shape index (κ1) is 13.3. The maximum atomic E-state index is 9.52. The Bertz CT molecular complexity index is 395. The Morgan fingerprint density at radius 2 is 2.11 bits per heavy atom. The molecule has 1 aliphatic rings. The lowest BCUT2D eigenvalue weighted by Gasteiger charge is -2.30. The van der Waals surface area contributed by atoms with Crippen molar-refractivity contribution >= 4 is 5.82 Å². The number of aromatic nitrogens is 1. The zero-order valence-corrected chi connectivity index (χ0v) is 11.0. The van der Waals surface area contributed by atoms with Gasteiger partial charge in [0.2, 0.25) is 0 Å². The Kier molecular flexibility index (Phi) is 4.55. The molecule has 1 aromatic heterocycles. The summed E-state index contributed by atoms with van der Waals surface area (Å²) in [6.45, 7) is 3.08. The van der Waals surface area contributed by atoms with Gasteiger partial charge in [-0.1, -0.05) is 12.8 Å². The van der Waals surface area contributed by atoms with E-state index in [4.69, 9.17) is 0 Å². The van der Waals surface area contributed by atoms with Crippen molar-refractivity contribution in [1.82, 2.24) is 4.98 Å². The highest BCUT2D eigenvalue weighted by atomic mass is 16.3. The van der Waals surface area contributed by atoms with Crippen LogP contribution in [0.4, 0.5) is 5.82 Å². The summed E-state index contributed by atoms with van der Waals surface area (Å²) in [6.07, 6.45) is 4.53. The van der Waals surface area contributed by atoms with Crippen LogP contribution in [-0.4, -0.2) is 34.4 Å². The van der Waals surface area contributed by atoms with Gasteiger partial charge in [0.1, 0.15) is 5.82 Å². The molecule has 0 amide bonds. The second kappa shape index (κ2) is 6.16. The highest BCUT2D eigenvalue weighted by molar-refractivity contribution is 5.44. The van der Waals surface area contributed by atoms with Crippen molar-refractivity contribution in [2.45, 2.75) is 45.3 Å². The maximum absolute atomic E-state index is 9.52. The predicted molar refractivity (Wildman–Crippen MR) is 71.6 cm³/mol. The van der Waals surface area contributed by atoms with Crippen LogP contribution in [0.3, 0.4) is 0 Å². The summed E-state index contributed by atoms with van der Waals surface area (Å²) in [5.41, 5.74) is 1.80. The average molecular weight is 250 g/mol. The summed E-state index contributed by atoms with van der Waals surface area (Å²) >= 11 is 0. The maximum Gasteiger partial charge on any atom is 0.129 e. The molecular formula is C14H22N2O2. The Hall–Kier alpha value is -1.13. The van der Waals surface area contributed by atoms with Gasteiger partial charge in [-0.15, -0.1) is 0 Å². The third-order valence-corrected chi connectivity index (χ3v) is 3.56. The Balaban J connectivity index is 2.29. The van der Waals surface area contributed by atoms with Gasteiger partial charge in [-0.05, 0) is 37.5 Å². The van der Waals surface area contributed by atoms with Crippen molar-refractivity contribution in [2.75, 3.05) is 18.1 Å². The molecular weight excluding hydrogens is 228 g/mol. The van der Waals surface area contributed by atoms with Gasteiger partial charge in [0.25, 0.3) is 0 Å². The number of hydrogen-bond acceptors (Lipinski definition) is 4. The molecule has 0 spiro atoms. The molecule has 0 aliphatic carbocycles. The predicted octanol–water partition coefficient (Wildman–Crippen LogP) is 1.62. The SMILES string of the molecule is Cc1cc(CO)cc(N2CCCCCC2CO)n1. The van der Waals surface area contributed by atoms with Gasteiger partial charge >= 0.3 is 0 Å². The van der Waals surface area contributed by atoms with E-state index in [0.717, 1.165) is 36.5 Å². The number of aliphatic hydroxyl groups is 2. The molecule has 1 saturated heterocycles. The van der Waals surface area contributed by atoms with Crippen LogP contribution in [0.1, 0.15) is 36.9 Å². The molecule has 0 aromatic carbocycles. The monoisotopic (exact) mass is 250 g/mol. The van der Waals surface area contributed by atoms with E-state index in [9.17, 15) is 10.2 Å². The van der Waals surface area contributed by atoms with E-state index < -0.39 is 0 Å². The van der Waals surface area contributed by atoms with Crippen LogP contribution in [0.5, 0.6) is 0 Å². The van der Waals surface area contributed by atoms with Gasteiger partial charge < -0.3 is 15.1 Å². The third kappa shape index (κ3) is 3.00. The molecule has 1 fully saturated rings. The summed E-state index contributed by atoms with van der Waals surface area (Å²) in [6, 6.07) is 3.99. The first-order chi connectivity index (χ1) is 8.74. The molecule has 2 heterocycles. The molecule has 100 valence electrons. The lowest BCUT2D eigenvalue weighted by molar-refractivity contribution is 0.254. The van der Waals surface area contributed by atoms with Crippen LogP contribution in [-0.2, 0) is 6.61 Å².